The van der Waals surface area contributed by atoms with E-state index in [0.29, 0.717) is 16.2 Å². The van der Waals surface area contributed by atoms with Gasteiger partial charge in [0.1, 0.15) is 6.04 Å². The van der Waals surface area contributed by atoms with Crippen LogP contribution in [0.3, 0.4) is 0 Å². The zero-order valence-electron chi connectivity index (χ0n) is 16.8. The minimum atomic E-state index is -3.65. The highest BCUT2D eigenvalue weighted by Gasteiger charge is 2.21. The summed E-state index contributed by atoms with van der Waals surface area (Å²) in [6, 6.07) is 8.46. The Kier molecular flexibility index (Phi) is 6.86. The van der Waals surface area contributed by atoms with E-state index in [1.165, 1.54) is 11.3 Å². The highest BCUT2D eigenvalue weighted by molar-refractivity contribution is 7.89. The minimum Gasteiger partial charge on any atom is -0.353 e. The van der Waals surface area contributed by atoms with Gasteiger partial charge in [0, 0.05) is 13.1 Å². The maximum absolute atomic E-state index is 12.6. The second-order valence-corrected chi connectivity index (χ2v) is 9.90. The molecule has 0 radical (unpaired) electrons. The van der Waals surface area contributed by atoms with E-state index in [9.17, 15) is 13.2 Å². The number of H-pyrrole nitrogens is 1. The molecule has 160 valence electrons. The van der Waals surface area contributed by atoms with Crippen molar-refractivity contribution in [2.45, 2.75) is 31.7 Å². The van der Waals surface area contributed by atoms with E-state index >= 15 is 0 Å². The molecule has 2 heterocycles. The number of nitrogens with zero attached hydrogens (tertiary/aromatic N) is 2. The first-order chi connectivity index (χ1) is 14.2. The van der Waals surface area contributed by atoms with E-state index in [-0.39, 0.29) is 23.9 Å². The molecule has 11 heteroatoms. The normalized spacial score (nSPS) is 12.6. The third-order valence-corrected chi connectivity index (χ3v) is 7.32. The number of benzene rings is 1. The molecule has 0 fully saturated rings. The first-order valence-electron chi connectivity index (χ1n) is 9.26. The van der Waals surface area contributed by atoms with Crippen LogP contribution in [0.2, 0.25) is 0 Å². The summed E-state index contributed by atoms with van der Waals surface area (Å²) < 4.78 is 29.6. The summed E-state index contributed by atoms with van der Waals surface area (Å²) in [4.78, 5) is 13.7. The molecule has 8 nitrogen and oxygen atoms in total. The van der Waals surface area contributed by atoms with Gasteiger partial charge in [0.05, 0.1) is 9.77 Å². The standard InChI is InChI=1S/C19H23N5O3S3/c1-12-6-7-13(2)16(11-12)30(26,27)21-9-8-20-18(25)14(3)24-17(22-23-19(24)28)15-5-4-10-29-15/h4-7,10-11,14,21H,8-9H2,1-3H3,(H,20,25)(H,23,28). The fourth-order valence-corrected chi connectivity index (χ4v) is 5.31. The fraction of sp³-hybridized carbons (Fsp3) is 0.316. The molecule has 3 rings (SSSR count). The lowest BCUT2D eigenvalue weighted by molar-refractivity contribution is -0.123. The molecule has 3 aromatic rings. The molecule has 1 atom stereocenters. The molecular formula is C19H23N5O3S3. The number of aromatic amines is 1. The fourth-order valence-electron chi connectivity index (χ4n) is 2.95. The molecule has 2 aromatic heterocycles. The first-order valence-corrected chi connectivity index (χ1v) is 12.0. The number of hydrogen-bond acceptors (Lipinski definition) is 6. The van der Waals surface area contributed by atoms with Gasteiger partial charge in [-0.15, -0.1) is 11.3 Å². The van der Waals surface area contributed by atoms with Crippen LogP contribution in [0.1, 0.15) is 24.1 Å². The SMILES string of the molecule is Cc1ccc(C)c(S(=O)(=O)NCCNC(=O)C(C)n2c(-c3cccs3)n[nH]c2=S)c1. The average molecular weight is 466 g/mol. The van der Waals surface area contributed by atoms with Crippen LogP contribution in [0.25, 0.3) is 10.7 Å². The van der Waals surface area contributed by atoms with Crippen LogP contribution in [0.15, 0.2) is 40.6 Å². The van der Waals surface area contributed by atoms with Gasteiger partial charge in [-0.2, -0.15) is 5.10 Å². The summed E-state index contributed by atoms with van der Waals surface area (Å²) >= 11 is 6.78. The van der Waals surface area contributed by atoms with Gasteiger partial charge in [0.15, 0.2) is 10.6 Å². The zero-order chi connectivity index (χ0) is 21.9. The summed E-state index contributed by atoms with van der Waals surface area (Å²) in [6.07, 6.45) is 0. The zero-order valence-corrected chi connectivity index (χ0v) is 19.2. The molecule has 0 aliphatic heterocycles. The Labute approximate surface area is 184 Å². The molecule has 3 N–H and O–H groups in total. The number of thiophene rings is 1. The number of carbonyl (C=O) groups excluding carboxylic acids is 1. The van der Waals surface area contributed by atoms with Gasteiger partial charge in [-0.1, -0.05) is 18.2 Å². The lowest BCUT2D eigenvalue weighted by atomic mass is 10.2. The maximum Gasteiger partial charge on any atom is 0.242 e. The number of amides is 1. The summed E-state index contributed by atoms with van der Waals surface area (Å²) in [5, 5.41) is 11.6. The van der Waals surface area contributed by atoms with Gasteiger partial charge in [-0.3, -0.25) is 14.5 Å². The van der Waals surface area contributed by atoms with Gasteiger partial charge in [-0.05, 0) is 61.6 Å². The highest BCUT2D eigenvalue weighted by Crippen LogP contribution is 2.25. The molecule has 0 saturated heterocycles. The van der Waals surface area contributed by atoms with Crippen molar-refractivity contribution in [1.82, 2.24) is 24.8 Å². The van der Waals surface area contributed by atoms with Gasteiger partial charge < -0.3 is 5.32 Å². The van der Waals surface area contributed by atoms with Gasteiger partial charge >= 0.3 is 0 Å². The molecule has 0 saturated carbocycles. The van der Waals surface area contributed by atoms with E-state index in [4.69, 9.17) is 12.2 Å². The first kappa shape index (κ1) is 22.3. The molecule has 30 heavy (non-hydrogen) atoms. The van der Waals surface area contributed by atoms with Crippen LogP contribution in [-0.4, -0.2) is 42.2 Å². The molecule has 1 amide bonds. The second-order valence-electron chi connectivity index (χ2n) is 6.83. The predicted molar refractivity (Wildman–Crippen MR) is 120 cm³/mol. The molecular weight excluding hydrogens is 442 g/mol. The number of sulfonamides is 1. The Balaban J connectivity index is 1.61. The van der Waals surface area contributed by atoms with Crippen molar-refractivity contribution >= 4 is 39.5 Å². The van der Waals surface area contributed by atoms with Gasteiger partial charge in [0.25, 0.3) is 0 Å². The number of aromatic nitrogens is 3. The van der Waals surface area contributed by atoms with Crippen LogP contribution in [-0.2, 0) is 14.8 Å². The van der Waals surface area contributed by atoms with Crippen molar-refractivity contribution < 1.29 is 13.2 Å². The Morgan fingerprint density at radius 2 is 2.07 bits per heavy atom. The van der Waals surface area contributed by atoms with Crippen molar-refractivity contribution in [1.29, 1.82) is 0 Å². The second kappa shape index (κ2) is 9.21. The van der Waals surface area contributed by atoms with Crippen LogP contribution in [0, 0.1) is 18.6 Å². The number of nitrogens with one attached hydrogen (secondary N) is 3. The third-order valence-electron chi connectivity index (χ3n) is 4.56. The summed E-state index contributed by atoms with van der Waals surface area (Å²) in [6.45, 7) is 5.52. The third kappa shape index (κ3) is 4.86. The van der Waals surface area contributed by atoms with Crippen molar-refractivity contribution in [3.05, 3.63) is 51.6 Å². The van der Waals surface area contributed by atoms with Gasteiger partial charge in [0.2, 0.25) is 15.9 Å². The topological polar surface area (TPSA) is 109 Å². The van der Waals surface area contributed by atoms with Crippen LogP contribution >= 0.6 is 23.6 Å². The lowest BCUT2D eigenvalue weighted by Gasteiger charge is -2.15. The van der Waals surface area contributed by atoms with Crippen LogP contribution in [0.4, 0.5) is 0 Å². The Morgan fingerprint density at radius 3 is 2.77 bits per heavy atom. The Bertz CT molecular complexity index is 1200. The Hall–Kier alpha value is -2.34. The van der Waals surface area contributed by atoms with E-state index in [0.717, 1.165) is 10.4 Å². The average Bonchev–Trinajstić information content (AvgIpc) is 3.35. The highest BCUT2D eigenvalue weighted by atomic mass is 32.2. The molecule has 0 spiro atoms. The summed E-state index contributed by atoms with van der Waals surface area (Å²) in [5.74, 6) is 0.310. The lowest BCUT2D eigenvalue weighted by Crippen LogP contribution is -2.38. The quantitative estimate of drug-likeness (QED) is 0.350. The molecule has 1 aromatic carbocycles. The van der Waals surface area contributed by atoms with E-state index in [1.807, 2.05) is 30.5 Å². The molecule has 0 aliphatic carbocycles. The number of rotatable bonds is 8. The minimum absolute atomic E-state index is 0.0722. The Morgan fingerprint density at radius 1 is 1.30 bits per heavy atom. The number of hydrogen-bond donors (Lipinski definition) is 3. The van der Waals surface area contributed by atoms with Crippen LogP contribution in [0.5, 0.6) is 0 Å². The summed E-state index contributed by atoms with van der Waals surface area (Å²) in [7, 11) is -3.65. The van der Waals surface area contributed by atoms with Crippen molar-refractivity contribution in [2.75, 3.05) is 13.1 Å². The van der Waals surface area contributed by atoms with Crippen molar-refractivity contribution in [3.63, 3.8) is 0 Å². The number of aryl methyl sites for hydroxylation is 2. The molecule has 1 unspecified atom stereocenters. The molecule has 0 aliphatic rings. The van der Waals surface area contributed by atoms with E-state index < -0.39 is 16.1 Å². The van der Waals surface area contributed by atoms with E-state index in [2.05, 4.69) is 20.2 Å². The largest absolute Gasteiger partial charge is 0.353 e. The van der Waals surface area contributed by atoms with Crippen LogP contribution < -0.4 is 10.0 Å². The maximum atomic E-state index is 12.6. The monoisotopic (exact) mass is 465 g/mol. The predicted octanol–water partition coefficient (Wildman–Crippen LogP) is 2.94. The van der Waals surface area contributed by atoms with Crippen molar-refractivity contribution in [2.24, 2.45) is 0 Å². The summed E-state index contributed by atoms with van der Waals surface area (Å²) in [5.41, 5.74) is 1.53. The van der Waals surface area contributed by atoms with Crippen molar-refractivity contribution in [3.8, 4) is 10.7 Å². The number of carbonyl (C=O) groups is 1. The van der Waals surface area contributed by atoms with E-state index in [1.54, 1.807) is 30.5 Å². The smallest absolute Gasteiger partial charge is 0.242 e. The molecule has 0 bridgehead atoms. The van der Waals surface area contributed by atoms with Gasteiger partial charge in [-0.25, -0.2) is 13.1 Å².